The molecule has 1 aromatic carbocycles. The van der Waals surface area contributed by atoms with Gasteiger partial charge >= 0.3 is 6.61 Å². The highest BCUT2D eigenvalue weighted by atomic mass is 19.3. The minimum Gasteiger partial charge on any atom is -0.434 e. The number of likely N-dealkylation sites (N-methyl/N-ethyl adjacent to an activating group) is 1. The Balaban J connectivity index is 1.86. The molecular formula is C16H24F2N4O. The second-order valence-electron chi connectivity index (χ2n) is 5.57. The Hall–Kier alpha value is -1.89. The zero-order valence-electron chi connectivity index (χ0n) is 13.6. The molecule has 1 heterocycles. The molecule has 0 amide bonds. The topological polar surface area (TPSA) is 48.9 Å². The van der Waals surface area contributed by atoms with Crippen LogP contribution in [0.3, 0.4) is 0 Å². The molecule has 1 aliphatic heterocycles. The molecular weight excluding hydrogens is 302 g/mol. The van der Waals surface area contributed by atoms with Crippen molar-refractivity contribution in [2.75, 3.05) is 27.2 Å². The minimum atomic E-state index is -2.83. The van der Waals surface area contributed by atoms with Crippen molar-refractivity contribution in [3.05, 3.63) is 29.8 Å². The van der Waals surface area contributed by atoms with Crippen molar-refractivity contribution in [1.82, 2.24) is 15.5 Å². The Morgan fingerprint density at radius 1 is 1.39 bits per heavy atom. The number of alkyl halides is 2. The quantitative estimate of drug-likeness (QED) is 0.620. The maximum Gasteiger partial charge on any atom is 0.387 e. The average molecular weight is 326 g/mol. The van der Waals surface area contributed by atoms with Gasteiger partial charge in [-0.1, -0.05) is 18.2 Å². The number of aliphatic imine (C=N–C) groups is 1. The number of ether oxygens (including phenoxy) is 1. The van der Waals surface area contributed by atoms with Crippen LogP contribution < -0.4 is 15.4 Å². The molecule has 1 fully saturated rings. The first-order chi connectivity index (χ1) is 11.1. The van der Waals surface area contributed by atoms with Crippen LogP contribution in [0.5, 0.6) is 5.75 Å². The van der Waals surface area contributed by atoms with Gasteiger partial charge in [-0.15, -0.1) is 0 Å². The number of benzene rings is 1. The van der Waals surface area contributed by atoms with Gasteiger partial charge in [0.1, 0.15) is 5.75 Å². The van der Waals surface area contributed by atoms with Crippen LogP contribution in [-0.2, 0) is 6.54 Å². The maximum absolute atomic E-state index is 12.4. The Bertz CT molecular complexity index is 525. The molecule has 0 aliphatic carbocycles. The smallest absolute Gasteiger partial charge is 0.387 e. The van der Waals surface area contributed by atoms with Crippen LogP contribution in [0.15, 0.2) is 29.3 Å². The fourth-order valence-corrected chi connectivity index (χ4v) is 2.71. The van der Waals surface area contributed by atoms with Crippen molar-refractivity contribution in [2.45, 2.75) is 32.0 Å². The van der Waals surface area contributed by atoms with Crippen LogP contribution in [0.25, 0.3) is 0 Å². The van der Waals surface area contributed by atoms with E-state index in [1.165, 1.54) is 18.9 Å². The molecule has 2 rings (SSSR count). The monoisotopic (exact) mass is 326 g/mol. The molecule has 23 heavy (non-hydrogen) atoms. The molecule has 1 atom stereocenters. The van der Waals surface area contributed by atoms with E-state index < -0.39 is 6.61 Å². The lowest BCUT2D eigenvalue weighted by Crippen LogP contribution is -2.43. The third kappa shape index (κ3) is 5.35. The zero-order chi connectivity index (χ0) is 16.7. The maximum atomic E-state index is 12.4. The number of halogens is 2. The van der Waals surface area contributed by atoms with E-state index in [-0.39, 0.29) is 5.75 Å². The van der Waals surface area contributed by atoms with Gasteiger partial charge in [-0.2, -0.15) is 8.78 Å². The van der Waals surface area contributed by atoms with E-state index in [9.17, 15) is 8.78 Å². The number of guanidine groups is 1. The summed E-state index contributed by atoms with van der Waals surface area (Å²) < 4.78 is 29.4. The van der Waals surface area contributed by atoms with Crippen molar-refractivity contribution in [3.63, 3.8) is 0 Å². The van der Waals surface area contributed by atoms with Gasteiger partial charge in [0.2, 0.25) is 0 Å². The van der Waals surface area contributed by atoms with Crippen molar-refractivity contribution in [3.8, 4) is 5.75 Å². The summed E-state index contributed by atoms with van der Waals surface area (Å²) in [4.78, 5) is 6.49. The molecule has 0 saturated carbocycles. The molecule has 1 saturated heterocycles. The summed E-state index contributed by atoms with van der Waals surface area (Å²) in [5.74, 6) is 0.832. The number of likely N-dealkylation sites (tertiary alicyclic amines) is 1. The van der Waals surface area contributed by atoms with Crippen molar-refractivity contribution < 1.29 is 13.5 Å². The molecule has 0 radical (unpaired) electrons. The largest absolute Gasteiger partial charge is 0.434 e. The third-order valence-electron chi connectivity index (χ3n) is 4.04. The van der Waals surface area contributed by atoms with E-state index in [1.807, 2.05) is 0 Å². The summed E-state index contributed by atoms with van der Waals surface area (Å²) in [6, 6.07) is 7.25. The zero-order valence-corrected chi connectivity index (χ0v) is 13.6. The Kier molecular flexibility index (Phi) is 6.58. The lowest BCUT2D eigenvalue weighted by molar-refractivity contribution is -0.0504. The van der Waals surface area contributed by atoms with E-state index in [0.717, 1.165) is 13.1 Å². The van der Waals surface area contributed by atoms with E-state index in [0.29, 0.717) is 24.1 Å². The number of hydrogen-bond donors (Lipinski definition) is 2. The van der Waals surface area contributed by atoms with E-state index in [1.54, 1.807) is 25.2 Å². The first kappa shape index (κ1) is 17.5. The number of nitrogens with one attached hydrogen (secondary N) is 2. The van der Waals surface area contributed by atoms with Gasteiger partial charge in [0.25, 0.3) is 0 Å². The van der Waals surface area contributed by atoms with Crippen molar-refractivity contribution in [1.29, 1.82) is 0 Å². The van der Waals surface area contributed by atoms with Gasteiger partial charge in [0, 0.05) is 31.7 Å². The summed E-state index contributed by atoms with van der Waals surface area (Å²) in [6.45, 7) is -0.531. The van der Waals surface area contributed by atoms with E-state index in [4.69, 9.17) is 0 Å². The highest BCUT2D eigenvalue weighted by Crippen LogP contribution is 2.20. The summed E-state index contributed by atoms with van der Waals surface area (Å²) in [5, 5.41) is 6.41. The highest BCUT2D eigenvalue weighted by Gasteiger charge is 2.20. The van der Waals surface area contributed by atoms with E-state index >= 15 is 0 Å². The van der Waals surface area contributed by atoms with Crippen LogP contribution in [0, 0.1) is 0 Å². The predicted octanol–water partition coefficient (Wildman–Crippen LogP) is 2.05. The summed E-state index contributed by atoms with van der Waals surface area (Å²) in [6.07, 6.45) is 2.39. The van der Waals surface area contributed by atoms with Gasteiger partial charge in [0.15, 0.2) is 5.96 Å². The number of rotatable bonds is 6. The minimum absolute atomic E-state index is 0.181. The molecule has 1 unspecified atom stereocenters. The van der Waals surface area contributed by atoms with Crippen LogP contribution in [0.1, 0.15) is 18.4 Å². The summed E-state index contributed by atoms with van der Waals surface area (Å²) in [7, 11) is 3.81. The second-order valence-corrected chi connectivity index (χ2v) is 5.57. The van der Waals surface area contributed by atoms with E-state index in [2.05, 4.69) is 32.3 Å². The number of nitrogens with zero attached hydrogens (tertiary/aromatic N) is 2. The number of para-hydroxylation sites is 1. The van der Waals surface area contributed by atoms with Crippen LogP contribution in [0.2, 0.25) is 0 Å². The fourth-order valence-electron chi connectivity index (χ4n) is 2.71. The molecule has 128 valence electrons. The third-order valence-corrected chi connectivity index (χ3v) is 4.04. The van der Waals surface area contributed by atoms with Gasteiger partial charge in [-0.25, -0.2) is 0 Å². The molecule has 1 aromatic rings. The summed E-state index contributed by atoms with van der Waals surface area (Å²) >= 11 is 0. The summed E-state index contributed by atoms with van der Waals surface area (Å²) in [5.41, 5.74) is 0.661. The fraction of sp³-hybridized carbons (Fsp3) is 0.562. The van der Waals surface area contributed by atoms with Crippen LogP contribution >= 0.6 is 0 Å². The van der Waals surface area contributed by atoms with Crippen molar-refractivity contribution in [2.24, 2.45) is 4.99 Å². The van der Waals surface area contributed by atoms with Gasteiger partial charge < -0.3 is 20.3 Å². The lowest BCUT2D eigenvalue weighted by Gasteiger charge is -2.21. The molecule has 2 N–H and O–H groups in total. The average Bonchev–Trinajstić information content (AvgIpc) is 2.93. The molecule has 5 nitrogen and oxygen atoms in total. The molecule has 1 aliphatic rings. The Morgan fingerprint density at radius 2 is 2.17 bits per heavy atom. The highest BCUT2D eigenvalue weighted by molar-refractivity contribution is 5.79. The Morgan fingerprint density at radius 3 is 2.83 bits per heavy atom. The SMILES string of the molecule is CN=C(NCc1ccccc1OC(F)F)NCC1CCCN1C. The molecule has 0 bridgehead atoms. The van der Waals surface area contributed by atoms with Gasteiger partial charge in [-0.3, -0.25) is 4.99 Å². The molecule has 0 aromatic heterocycles. The molecule has 7 heteroatoms. The first-order valence-corrected chi connectivity index (χ1v) is 7.77. The van der Waals surface area contributed by atoms with Gasteiger partial charge in [-0.05, 0) is 32.5 Å². The van der Waals surface area contributed by atoms with Crippen molar-refractivity contribution >= 4 is 5.96 Å². The molecule has 0 spiro atoms. The lowest BCUT2D eigenvalue weighted by atomic mass is 10.2. The Labute approximate surface area is 135 Å². The standard InChI is InChI=1S/C16H24F2N4O/c1-19-16(21-11-13-7-5-9-22(13)2)20-10-12-6-3-4-8-14(12)23-15(17)18/h3-4,6,8,13,15H,5,7,9-11H2,1-2H3,(H2,19,20,21). The number of hydrogen-bond acceptors (Lipinski definition) is 3. The first-order valence-electron chi connectivity index (χ1n) is 7.77. The predicted molar refractivity (Wildman–Crippen MR) is 86.9 cm³/mol. The normalized spacial score (nSPS) is 19.2. The van der Waals surface area contributed by atoms with Crippen LogP contribution in [0.4, 0.5) is 8.78 Å². The van der Waals surface area contributed by atoms with Gasteiger partial charge in [0.05, 0.1) is 0 Å². The second kappa shape index (κ2) is 8.67. The van der Waals surface area contributed by atoms with Crippen LogP contribution in [-0.4, -0.2) is 50.7 Å².